The Morgan fingerprint density at radius 3 is 2.72 bits per heavy atom. The van der Waals surface area contributed by atoms with Gasteiger partial charge in [0.15, 0.2) is 0 Å². The Morgan fingerprint density at radius 2 is 1.83 bits per heavy atom. The molecular weight excluding hydrogens is 220 g/mol. The van der Waals surface area contributed by atoms with Gasteiger partial charge in [-0.1, -0.05) is 50.8 Å². The molecule has 0 spiro atoms. The quantitative estimate of drug-likeness (QED) is 0.717. The lowest BCUT2D eigenvalue weighted by atomic mass is 10.1. The third-order valence-corrected chi connectivity index (χ3v) is 3.24. The summed E-state index contributed by atoms with van der Waals surface area (Å²) in [6.07, 6.45) is 8.47. The highest BCUT2D eigenvalue weighted by atomic mass is 14.9. The maximum absolute atomic E-state index is 4.37. The van der Waals surface area contributed by atoms with E-state index in [1.165, 1.54) is 43.2 Å². The molecule has 1 heterocycles. The van der Waals surface area contributed by atoms with Crippen molar-refractivity contribution in [2.75, 3.05) is 11.9 Å². The predicted molar refractivity (Wildman–Crippen MR) is 79.0 cm³/mol. The van der Waals surface area contributed by atoms with Crippen molar-refractivity contribution in [1.29, 1.82) is 0 Å². The number of hydrogen-bond donors (Lipinski definition) is 1. The van der Waals surface area contributed by atoms with Gasteiger partial charge in [0.25, 0.3) is 0 Å². The molecule has 2 aromatic rings. The van der Waals surface area contributed by atoms with Crippen molar-refractivity contribution in [3.05, 3.63) is 36.5 Å². The molecule has 0 atom stereocenters. The van der Waals surface area contributed by atoms with E-state index in [4.69, 9.17) is 0 Å². The number of rotatable bonds is 7. The number of aromatic nitrogens is 1. The van der Waals surface area contributed by atoms with Crippen LogP contribution in [0.25, 0.3) is 10.9 Å². The third kappa shape index (κ3) is 3.46. The second kappa shape index (κ2) is 7.00. The molecule has 0 saturated heterocycles. The van der Waals surface area contributed by atoms with Crippen LogP contribution in [0.1, 0.15) is 39.0 Å². The Kier molecular flexibility index (Phi) is 5.00. The fraction of sp³-hybridized carbons (Fsp3) is 0.438. The van der Waals surface area contributed by atoms with Gasteiger partial charge in [-0.3, -0.25) is 4.98 Å². The number of unbranched alkanes of at least 4 members (excludes halogenated alkanes) is 4. The van der Waals surface area contributed by atoms with Crippen molar-refractivity contribution >= 4 is 16.6 Å². The summed E-state index contributed by atoms with van der Waals surface area (Å²) in [4.78, 5) is 4.37. The molecule has 0 aliphatic rings. The van der Waals surface area contributed by atoms with E-state index in [0.29, 0.717) is 0 Å². The van der Waals surface area contributed by atoms with E-state index in [9.17, 15) is 0 Å². The summed E-state index contributed by atoms with van der Waals surface area (Å²) in [6.45, 7) is 3.30. The maximum atomic E-state index is 4.37. The Hall–Kier alpha value is -1.57. The fourth-order valence-electron chi connectivity index (χ4n) is 2.20. The van der Waals surface area contributed by atoms with Crippen LogP contribution in [0.4, 0.5) is 5.69 Å². The van der Waals surface area contributed by atoms with Crippen LogP contribution in [0.2, 0.25) is 0 Å². The lowest BCUT2D eigenvalue weighted by molar-refractivity contribution is 0.645. The van der Waals surface area contributed by atoms with Gasteiger partial charge < -0.3 is 5.32 Å². The van der Waals surface area contributed by atoms with Crippen molar-refractivity contribution in [2.24, 2.45) is 0 Å². The zero-order valence-corrected chi connectivity index (χ0v) is 11.2. The number of hydrogen-bond acceptors (Lipinski definition) is 2. The lowest BCUT2D eigenvalue weighted by Crippen LogP contribution is -2.02. The summed E-state index contributed by atoms with van der Waals surface area (Å²) in [5.41, 5.74) is 2.27. The molecule has 1 aromatic carbocycles. The molecular formula is C16H22N2. The molecule has 2 nitrogen and oxygen atoms in total. The first kappa shape index (κ1) is 12.9. The number of nitrogens with one attached hydrogen (secondary N) is 1. The molecule has 18 heavy (non-hydrogen) atoms. The van der Waals surface area contributed by atoms with Crippen molar-refractivity contribution < 1.29 is 0 Å². The number of fused-ring (bicyclic) bond motifs is 1. The Labute approximate surface area is 109 Å². The maximum Gasteiger partial charge on any atom is 0.0722 e. The van der Waals surface area contributed by atoms with E-state index < -0.39 is 0 Å². The second-order valence-corrected chi connectivity index (χ2v) is 4.72. The number of anilines is 1. The smallest absolute Gasteiger partial charge is 0.0722 e. The van der Waals surface area contributed by atoms with Gasteiger partial charge in [-0.25, -0.2) is 0 Å². The van der Waals surface area contributed by atoms with Gasteiger partial charge in [0.05, 0.1) is 5.52 Å². The monoisotopic (exact) mass is 242 g/mol. The zero-order valence-electron chi connectivity index (χ0n) is 11.2. The fourth-order valence-corrected chi connectivity index (χ4v) is 2.20. The van der Waals surface area contributed by atoms with Gasteiger partial charge in [0.1, 0.15) is 0 Å². The normalized spacial score (nSPS) is 10.7. The third-order valence-electron chi connectivity index (χ3n) is 3.24. The van der Waals surface area contributed by atoms with Crippen molar-refractivity contribution in [3.8, 4) is 0 Å². The van der Waals surface area contributed by atoms with Gasteiger partial charge >= 0.3 is 0 Å². The van der Waals surface area contributed by atoms with Crippen molar-refractivity contribution in [1.82, 2.24) is 4.98 Å². The van der Waals surface area contributed by atoms with Crippen LogP contribution in [0.3, 0.4) is 0 Å². The van der Waals surface area contributed by atoms with E-state index in [1.807, 2.05) is 12.3 Å². The van der Waals surface area contributed by atoms with Gasteiger partial charge in [-0.15, -0.1) is 0 Å². The van der Waals surface area contributed by atoms with E-state index in [1.54, 1.807) is 0 Å². The average Bonchev–Trinajstić information content (AvgIpc) is 2.43. The minimum atomic E-state index is 1.05. The van der Waals surface area contributed by atoms with Crippen LogP contribution in [0, 0.1) is 0 Å². The topological polar surface area (TPSA) is 24.9 Å². The summed E-state index contributed by atoms with van der Waals surface area (Å²) in [6, 6.07) is 10.3. The average molecular weight is 242 g/mol. The van der Waals surface area contributed by atoms with Crippen LogP contribution in [0.15, 0.2) is 36.5 Å². The van der Waals surface area contributed by atoms with E-state index in [0.717, 1.165) is 12.1 Å². The molecule has 2 heteroatoms. The van der Waals surface area contributed by atoms with Gasteiger partial charge in [-0.05, 0) is 18.6 Å². The molecule has 1 N–H and O–H groups in total. The van der Waals surface area contributed by atoms with Gasteiger partial charge in [0, 0.05) is 23.8 Å². The van der Waals surface area contributed by atoms with Crippen LogP contribution >= 0.6 is 0 Å². The molecule has 96 valence electrons. The molecule has 0 bridgehead atoms. The van der Waals surface area contributed by atoms with E-state index >= 15 is 0 Å². The summed E-state index contributed by atoms with van der Waals surface area (Å²) >= 11 is 0. The molecule has 0 aliphatic carbocycles. The number of pyridine rings is 1. The molecule has 0 unspecified atom stereocenters. The first-order valence-electron chi connectivity index (χ1n) is 6.99. The number of benzene rings is 1. The minimum Gasteiger partial charge on any atom is -0.384 e. The molecule has 0 saturated carbocycles. The molecule has 0 amide bonds. The molecule has 1 aromatic heterocycles. The first-order valence-corrected chi connectivity index (χ1v) is 6.99. The number of para-hydroxylation sites is 1. The first-order chi connectivity index (χ1) is 8.92. The summed E-state index contributed by atoms with van der Waals surface area (Å²) in [7, 11) is 0. The Balaban J connectivity index is 1.88. The minimum absolute atomic E-state index is 1.05. The van der Waals surface area contributed by atoms with Crippen molar-refractivity contribution in [3.63, 3.8) is 0 Å². The van der Waals surface area contributed by atoms with Crippen LogP contribution < -0.4 is 5.32 Å². The Bertz CT molecular complexity index is 474. The standard InChI is InChI=1S/C16H22N2/c1-2-3-4-5-8-12-17-16-11-13-18-15-10-7-6-9-14(15)16/h6-7,9-11,13H,2-5,8,12H2,1H3,(H,17,18). The van der Waals surface area contributed by atoms with Crippen LogP contribution in [-0.4, -0.2) is 11.5 Å². The molecule has 0 radical (unpaired) electrons. The predicted octanol–water partition coefficient (Wildman–Crippen LogP) is 4.62. The summed E-state index contributed by atoms with van der Waals surface area (Å²) in [5, 5.41) is 4.74. The highest BCUT2D eigenvalue weighted by Gasteiger charge is 1.99. The summed E-state index contributed by atoms with van der Waals surface area (Å²) < 4.78 is 0. The molecule has 2 rings (SSSR count). The lowest BCUT2D eigenvalue weighted by Gasteiger charge is -2.09. The second-order valence-electron chi connectivity index (χ2n) is 4.72. The highest BCUT2D eigenvalue weighted by Crippen LogP contribution is 2.20. The van der Waals surface area contributed by atoms with Crippen LogP contribution in [0.5, 0.6) is 0 Å². The van der Waals surface area contributed by atoms with Gasteiger partial charge in [-0.2, -0.15) is 0 Å². The zero-order chi connectivity index (χ0) is 12.6. The van der Waals surface area contributed by atoms with E-state index in [-0.39, 0.29) is 0 Å². The van der Waals surface area contributed by atoms with Crippen LogP contribution in [-0.2, 0) is 0 Å². The Morgan fingerprint density at radius 1 is 1.00 bits per heavy atom. The van der Waals surface area contributed by atoms with Gasteiger partial charge in [0.2, 0.25) is 0 Å². The highest BCUT2D eigenvalue weighted by molar-refractivity contribution is 5.90. The largest absolute Gasteiger partial charge is 0.384 e. The molecule has 0 aliphatic heterocycles. The van der Waals surface area contributed by atoms with Crippen molar-refractivity contribution in [2.45, 2.75) is 39.0 Å². The number of nitrogens with zero attached hydrogens (tertiary/aromatic N) is 1. The van der Waals surface area contributed by atoms with E-state index in [2.05, 4.69) is 41.5 Å². The SMILES string of the molecule is CCCCCCCNc1ccnc2ccccc12. The summed E-state index contributed by atoms with van der Waals surface area (Å²) in [5.74, 6) is 0. The molecule has 0 fully saturated rings.